The molecule has 1 saturated heterocycles. The van der Waals surface area contributed by atoms with Crippen LogP contribution in [0.3, 0.4) is 0 Å². The summed E-state index contributed by atoms with van der Waals surface area (Å²) in [5.74, 6) is 0.346. The number of anilines is 2. The van der Waals surface area contributed by atoms with E-state index >= 15 is 0 Å². The average Bonchev–Trinajstić information content (AvgIpc) is 3.56. The minimum atomic E-state index is -0.948. The van der Waals surface area contributed by atoms with Crippen molar-refractivity contribution in [2.45, 2.75) is 39.2 Å². The summed E-state index contributed by atoms with van der Waals surface area (Å²) in [6, 6.07) is 13.5. The molecule has 6 nitrogen and oxygen atoms in total. The number of piperidine rings is 1. The van der Waals surface area contributed by atoms with Crippen molar-refractivity contribution >= 4 is 23.2 Å². The molecule has 0 unspecified atom stereocenters. The Kier molecular flexibility index (Phi) is 5.51. The standard InChI is InChI=1S/C23H28N4O2/c1-17-9-14-27(15-10-17)20-7-5-18(6-8-20)26-22(29)23(11-12-23)21(28)25-16-19-4-2-3-13-24-19/h2-8,13,17H,9-12,14-16H2,1H3,(H,25,28)(H,26,29). The largest absolute Gasteiger partial charge is 0.372 e. The molecule has 2 amide bonds. The highest BCUT2D eigenvalue weighted by Gasteiger charge is 2.56. The Hall–Kier alpha value is -2.89. The normalized spacial score (nSPS) is 18.2. The third-order valence-corrected chi connectivity index (χ3v) is 6.05. The number of carbonyl (C=O) groups excluding carboxylic acids is 2. The molecule has 4 rings (SSSR count). The SMILES string of the molecule is CC1CCN(c2ccc(NC(=O)C3(C(=O)NCc4ccccn4)CC3)cc2)CC1. The van der Waals surface area contributed by atoms with Gasteiger partial charge in [0.2, 0.25) is 11.8 Å². The summed E-state index contributed by atoms with van der Waals surface area (Å²) in [6.45, 7) is 4.78. The topological polar surface area (TPSA) is 74.3 Å². The maximum atomic E-state index is 12.8. The molecule has 0 radical (unpaired) electrons. The van der Waals surface area contributed by atoms with Crippen LogP contribution in [0.25, 0.3) is 0 Å². The zero-order valence-corrected chi connectivity index (χ0v) is 16.9. The Balaban J connectivity index is 1.33. The van der Waals surface area contributed by atoms with Gasteiger partial charge in [-0.25, -0.2) is 0 Å². The molecule has 29 heavy (non-hydrogen) atoms. The Bertz CT molecular complexity index is 854. The Morgan fingerprint density at radius 2 is 1.79 bits per heavy atom. The minimum Gasteiger partial charge on any atom is -0.372 e. The first kappa shape index (κ1) is 19.4. The van der Waals surface area contributed by atoms with Crippen LogP contribution >= 0.6 is 0 Å². The van der Waals surface area contributed by atoms with Crippen molar-refractivity contribution < 1.29 is 9.59 Å². The van der Waals surface area contributed by atoms with Crippen LogP contribution in [0.1, 0.15) is 38.3 Å². The van der Waals surface area contributed by atoms with E-state index in [2.05, 4.69) is 27.4 Å². The molecule has 6 heteroatoms. The number of hydrogen-bond acceptors (Lipinski definition) is 4. The van der Waals surface area contributed by atoms with E-state index in [9.17, 15) is 9.59 Å². The summed E-state index contributed by atoms with van der Waals surface area (Å²) in [5, 5.41) is 5.78. The first-order valence-electron chi connectivity index (χ1n) is 10.4. The van der Waals surface area contributed by atoms with Crippen molar-refractivity contribution in [3.63, 3.8) is 0 Å². The van der Waals surface area contributed by atoms with Gasteiger partial charge in [0.25, 0.3) is 0 Å². The molecule has 0 spiro atoms. The van der Waals surface area contributed by atoms with Gasteiger partial charge in [0.1, 0.15) is 5.41 Å². The molecule has 0 atom stereocenters. The lowest BCUT2D eigenvalue weighted by molar-refractivity contribution is -0.134. The second-order valence-electron chi connectivity index (χ2n) is 8.26. The summed E-state index contributed by atoms with van der Waals surface area (Å²) in [5.41, 5.74) is 1.74. The number of nitrogens with one attached hydrogen (secondary N) is 2. The van der Waals surface area contributed by atoms with E-state index in [0.29, 0.717) is 19.4 Å². The molecule has 2 heterocycles. The number of benzene rings is 1. The van der Waals surface area contributed by atoms with E-state index < -0.39 is 5.41 Å². The lowest BCUT2D eigenvalue weighted by atomic mass is 9.99. The second-order valence-corrected chi connectivity index (χ2v) is 8.26. The molecular weight excluding hydrogens is 364 g/mol. The zero-order chi connectivity index (χ0) is 20.3. The van der Waals surface area contributed by atoms with Gasteiger partial charge in [0, 0.05) is 30.7 Å². The number of aromatic nitrogens is 1. The van der Waals surface area contributed by atoms with Crippen molar-refractivity contribution in [2.75, 3.05) is 23.3 Å². The summed E-state index contributed by atoms with van der Waals surface area (Å²) in [4.78, 5) is 32.0. The van der Waals surface area contributed by atoms with Gasteiger partial charge in [-0.3, -0.25) is 14.6 Å². The fraction of sp³-hybridized carbons (Fsp3) is 0.435. The fourth-order valence-corrected chi connectivity index (χ4v) is 3.80. The van der Waals surface area contributed by atoms with Crippen molar-refractivity contribution in [3.05, 3.63) is 54.4 Å². The molecule has 1 saturated carbocycles. The van der Waals surface area contributed by atoms with Gasteiger partial charge in [0.15, 0.2) is 0 Å². The maximum Gasteiger partial charge on any atom is 0.240 e. The molecule has 2 aromatic rings. The minimum absolute atomic E-state index is 0.222. The summed E-state index contributed by atoms with van der Waals surface area (Å²) in [7, 11) is 0. The molecule has 1 aliphatic heterocycles. The van der Waals surface area contributed by atoms with Crippen molar-refractivity contribution in [1.82, 2.24) is 10.3 Å². The molecule has 2 N–H and O–H groups in total. The van der Waals surface area contributed by atoms with Crippen LogP contribution in [0, 0.1) is 11.3 Å². The van der Waals surface area contributed by atoms with Gasteiger partial charge >= 0.3 is 0 Å². The predicted octanol–water partition coefficient (Wildman–Crippen LogP) is 3.35. The Morgan fingerprint density at radius 1 is 1.07 bits per heavy atom. The first-order valence-corrected chi connectivity index (χ1v) is 10.4. The van der Waals surface area contributed by atoms with Crippen LogP contribution in [0.5, 0.6) is 0 Å². The lowest BCUT2D eigenvalue weighted by Crippen LogP contribution is -2.39. The molecule has 1 aliphatic carbocycles. The summed E-state index contributed by atoms with van der Waals surface area (Å²) in [6.07, 6.45) is 5.28. The average molecular weight is 393 g/mol. The highest BCUT2D eigenvalue weighted by Crippen LogP contribution is 2.47. The van der Waals surface area contributed by atoms with Gasteiger partial charge in [-0.05, 0) is 68.0 Å². The monoisotopic (exact) mass is 392 g/mol. The number of nitrogens with zero attached hydrogens (tertiary/aromatic N) is 2. The van der Waals surface area contributed by atoms with Crippen LogP contribution < -0.4 is 15.5 Å². The second kappa shape index (κ2) is 8.23. The fourth-order valence-electron chi connectivity index (χ4n) is 3.80. The Labute approximate surface area is 171 Å². The van der Waals surface area contributed by atoms with Crippen LogP contribution in [-0.2, 0) is 16.1 Å². The van der Waals surface area contributed by atoms with E-state index in [4.69, 9.17) is 0 Å². The van der Waals surface area contributed by atoms with E-state index in [1.165, 1.54) is 18.5 Å². The maximum absolute atomic E-state index is 12.8. The lowest BCUT2D eigenvalue weighted by Gasteiger charge is -2.32. The number of amides is 2. The molecule has 2 fully saturated rings. The highest BCUT2D eigenvalue weighted by molar-refractivity contribution is 6.13. The van der Waals surface area contributed by atoms with Crippen molar-refractivity contribution in [2.24, 2.45) is 11.3 Å². The number of rotatable bonds is 6. The number of pyridine rings is 1. The number of hydrogen-bond donors (Lipinski definition) is 2. The van der Waals surface area contributed by atoms with Crippen LogP contribution in [0.4, 0.5) is 11.4 Å². The van der Waals surface area contributed by atoms with Gasteiger partial charge in [0.05, 0.1) is 12.2 Å². The van der Waals surface area contributed by atoms with E-state index in [1.54, 1.807) is 6.20 Å². The highest BCUT2D eigenvalue weighted by atomic mass is 16.2. The quantitative estimate of drug-likeness (QED) is 0.740. The molecular formula is C23H28N4O2. The van der Waals surface area contributed by atoms with E-state index in [-0.39, 0.29) is 11.8 Å². The molecule has 152 valence electrons. The van der Waals surface area contributed by atoms with Gasteiger partial charge < -0.3 is 15.5 Å². The molecule has 2 aliphatic rings. The molecule has 0 bridgehead atoms. The van der Waals surface area contributed by atoms with Gasteiger partial charge in [-0.1, -0.05) is 13.0 Å². The molecule has 1 aromatic carbocycles. The zero-order valence-electron chi connectivity index (χ0n) is 16.9. The summed E-state index contributed by atoms with van der Waals surface area (Å²) >= 11 is 0. The van der Waals surface area contributed by atoms with Crippen molar-refractivity contribution in [3.8, 4) is 0 Å². The van der Waals surface area contributed by atoms with Gasteiger partial charge in [-0.2, -0.15) is 0 Å². The molecule has 1 aromatic heterocycles. The van der Waals surface area contributed by atoms with Crippen molar-refractivity contribution in [1.29, 1.82) is 0 Å². The van der Waals surface area contributed by atoms with Crippen LogP contribution in [0.2, 0.25) is 0 Å². The number of carbonyl (C=O) groups is 2. The predicted molar refractivity (Wildman–Crippen MR) is 113 cm³/mol. The Morgan fingerprint density at radius 3 is 2.41 bits per heavy atom. The third-order valence-electron chi connectivity index (χ3n) is 6.05. The van der Waals surface area contributed by atoms with E-state index in [0.717, 1.165) is 30.4 Å². The van der Waals surface area contributed by atoms with E-state index in [1.807, 2.05) is 42.5 Å². The smallest absolute Gasteiger partial charge is 0.240 e. The first-order chi connectivity index (χ1) is 14.1. The third kappa shape index (κ3) is 4.42. The summed E-state index contributed by atoms with van der Waals surface area (Å²) < 4.78 is 0. The van der Waals surface area contributed by atoms with Crippen LogP contribution in [0.15, 0.2) is 48.7 Å². The van der Waals surface area contributed by atoms with Crippen LogP contribution in [-0.4, -0.2) is 29.9 Å². The van der Waals surface area contributed by atoms with Gasteiger partial charge in [-0.15, -0.1) is 0 Å².